The molecule has 0 saturated carbocycles. The first-order valence-corrected chi connectivity index (χ1v) is 5.77. The molecule has 16 heavy (non-hydrogen) atoms. The van der Waals surface area contributed by atoms with E-state index in [1.807, 2.05) is 24.3 Å². The van der Waals surface area contributed by atoms with E-state index in [1.54, 1.807) is 12.1 Å². The molecule has 2 rings (SSSR count). The molecule has 5 heteroatoms. The molecule has 1 aromatic heterocycles. The van der Waals surface area contributed by atoms with E-state index in [1.165, 1.54) is 0 Å². The van der Waals surface area contributed by atoms with Gasteiger partial charge in [-0.05, 0) is 30.3 Å². The van der Waals surface area contributed by atoms with Crippen LogP contribution in [0.1, 0.15) is 0 Å². The van der Waals surface area contributed by atoms with Gasteiger partial charge in [0.2, 0.25) is 0 Å². The summed E-state index contributed by atoms with van der Waals surface area (Å²) in [5.74, 6) is 1.14. The topological polar surface area (TPSA) is 50.9 Å². The molecule has 1 aromatic carbocycles. The summed E-state index contributed by atoms with van der Waals surface area (Å²) < 4.78 is 0.948. The molecule has 2 aromatic rings. The molecule has 0 bridgehead atoms. The lowest BCUT2D eigenvalue weighted by atomic mass is 10.3. The lowest BCUT2D eigenvalue weighted by Crippen LogP contribution is -1.97. The summed E-state index contributed by atoms with van der Waals surface area (Å²) in [7, 11) is 0. The van der Waals surface area contributed by atoms with Crippen molar-refractivity contribution in [3.05, 3.63) is 45.9 Å². The number of nitrogens with two attached hydrogens (primary N) is 1. The smallest absolute Gasteiger partial charge is 0.132 e. The van der Waals surface area contributed by atoms with Crippen LogP contribution in [0.3, 0.4) is 0 Å². The maximum absolute atomic E-state index is 6.04. The fraction of sp³-hybridized carbons (Fsp3) is 0. The van der Waals surface area contributed by atoms with Gasteiger partial charge in [0, 0.05) is 4.47 Å². The van der Waals surface area contributed by atoms with E-state index in [4.69, 9.17) is 17.3 Å². The molecule has 0 fully saturated rings. The van der Waals surface area contributed by atoms with Gasteiger partial charge in [-0.15, -0.1) is 0 Å². The molecule has 0 aliphatic carbocycles. The highest BCUT2D eigenvalue weighted by Crippen LogP contribution is 2.28. The Hall–Kier alpha value is -1.26. The molecule has 0 saturated heterocycles. The molecule has 82 valence electrons. The molecular formula is C11H9BrClN3. The van der Waals surface area contributed by atoms with Crippen molar-refractivity contribution in [2.45, 2.75) is 0 Å². The monoisotopic (exact) mass is 297 g/mol. The summed E-state index contributed by atoms with van der Waals surface area (Å²) in [4.78, 5) is 4.13. The van der Waals surface area contributed by atoms with E-state index >= 15 is 0 Å². The van der Waals surface area contributed by atoms with Crippen molar-refractivity contribution in [2.75, 3.05) is 11.1 Å². The third-order valence-corrected chi connectivity index (χ3v) is 2.78. The van der Waals surface area contributed by atoms with Crippen LogP contribution in [0.2, 0.25) is 5.02 Å². The number of benzene rings is 1. The number of halogens is 2. The summed E-state index contributed by atoms with van der Waals surface area (Å²) in [6, 6.07) is 11.0. The number of hydrogen-bond donors (Lipinski definition) is 2. The molecule has 0 atom stereocenters. The third kappa shape index (κ3) is 2.65. The van der Waals surface area contributed by atoms with Crippen molar-refractivity contribution in [2.24, 2.45) is 0 Å². The summed E-state index contributed by atoms with van der Waals surface area (Å²) in [6.07, 6.45) is 0. The Morgan fingerprint density at radius 1 is 1.25 bits per heavy atom. The highest BCUT2D eigenvalue weighted by Gasteiger charge is 2.02. The molecule has 0 spiro atoms. The lowest BCUT2D eigenvalue weighted by molar-refractivity contribution is 1.31. The van der Waals surface area contributed by atoms with Crippen molar-refractivity contribution in [1.29, 1.82) is 0 Å². The van der Waals surface area contributed by atoms with Crippen LogP contribution in [-0.2, 0) is 0 Å². The van der Waals surface area contributed by atoms with Crippen molar-refractivity contribution in [1.82, 2.24) is 4.98 Å². The summed E-state index contributed by atoms with van der Waals surface area (Å²) in [5, 5.41) is 3.73. The maximum Gasteiger partial charge on any atom is 0.132 e. The Kier molecular flexibility index (Phi) is 3.31. The predicted octanol–water partition coefficient (Wildman–Crippen LogP) is 3.82. The number of nitrogens with zero attached hydrogens (tertiary/aromatic N) is 1. The summed E-state index contributed by atoms with van der Waals surface area (Å²) >= 11 is 9.42. The van der Waals surface area contributed by atoms with Gasteiger partial charge in [-0.3, -0.25) is 0 Å². The molecule has 3 N–H and O–H groups in total. The lowest BCUT2D eigenvalue weighted by Gasteiger charge is -2.08. The number of aromatic nitrogens is 1. The molecule has 1 heterocycles. The van der Waals surface area contributed by atoms with E-state index < -0.39 is 0 Å². The van der Waals surface area contributed by atoms with Crippen LogP contribution in [0, 0.1) is 0 Å². The second-order valence-electron chi connectivity index (χ2n) is 3.20. The second kappa shape index (κ2) is 4.72. The average Bonchev–Trinajstić information content (AvgIpc) is 2.24. The van der Waals surface area contributed by atoms with Gasteiger partial charge >= 0.3 is 0 Å². The summed E-state index contributed by atoms with van der Waals surface area (Å²) in [5.41, 5.74) is 6.37. The van der Waals surface area contributed by atoms with Crippen LogP contribution in [0.25, 0.3) is 0 Å². The number of hydrogen-bond acceptors (Lipinski definition) is 3. The zero-order valence-corrected chi connectivity index (χ0v) is 10.6. The molecule has 3 nitrogen and oxygen atoms in total. The van der Waals surface area contributed by atoms with E-state index in [0.717, 1.165) is 10.2 Å². The fourth-order valence-electron chi connectivity index (χ4n) is 1.25. The molecule has 0 amide bonds. The molecule has 0 aliphatic heterocycles. The fourth-order valence-corrected chi connectivity index (χ4v) is 1.78. The van der Waals surface area contributed by atoms with Gasteiger partial charge in [-0.25, -0.2) is 4.98 Å². The van der Waals surface area contributed by atoms with Crippen molar-refractivity contribution < 1.29 is 0 Å². The van der Waals surface area contributed by atoms with Gasteiger partial charge in [0.05, 0.1) is 10.7 Å². The average molecular weight is 299 g/mol. The highest BCUT2D eigenvalue weighted by molar-refractivity contribution is 9.10. The SMILES string of the molecule is Nc1cccc(Nc2cc(Br)ccc2Cl)n1. The van der Waals surface area contributed by atoms with Gasteiger partial charge in [0.25, 0.3) is 0 Å². The van der Waals surface area contributed by atoms with Crippen LogP contribution in [-0.4, -0.2) is 4.98 Å². The first-order valence-electron chi connectivity index (χ1n) is 4.60. The minimum absolute atomic E-state index is 0.469. The van der Waals surface area contributed by atoms with Crippen molar-refractivity contribution >= 4 is 44.9 Å². The minimum atomic E-state index is 0.469. The number of rotatable bonds is 2. The minimum Gasteiger partial charge on any atom is -0.384 e. The van der Waals surface area contributed by atoms with E-state index in [9.17, 15) is 0 Å². The van der Waals surface area contributed by atoms with E-state index in [2.05, 4.69) is 26.2 Å². The van der Waals surface area contributed by atoms with Gasteiger partial charge in [-0.2, -0.15) is 0 Å². The van der Waals surface area contributed by atoms with Gasteiger partial charge in [0.1, 0.15) is 11.6 Å². The largest absolute Gasteiger partial charge is 0.384 e. The van der Waals surface area contributed by atoms with Crippen molar-refractivity contribution in [3.8, 4) is 0 Å². The zero-order chi connectivity index (χ0) is 11.5. The Bertz CT molecular complexity index is 516. The van der Waals surface area contributed by atoms with Crippen molar-refractivity contribution in [3.63, 3.8) is 0 Å². The first-order chi connectivity index (χ1) is 7.65. The van der Waals surface area contributed by atoms with Gasteiger partial charge in [-0.1, -0.05) is 33.6 Å². The van der Waals surface area contributed by atoms with Crippen LogP contribution in [0.4, 0.5) is 17.3 Å². The second-order valence-corrected chi connectivity index (χ2v) is 4.52. The van der Waals surface area contributed by atoms with E-state index in [-0.39, 0.29) is 0 Å². The Morgan fingerprint density at radius 3 is 2.81 bits per heavy atom. The summed E-state index contributed by atoms with van der Waals surface area (Å²) in [6.45, 7) is 0. The van der Waals surface area contributed by atoms with Crippen LogP contribution >= 0.6 is 27.5 Å². The first kappa shape index (κ1) is 11.2. The highest BCUT2D eigenvalue weighted by atomic mass is 79.9. The Morgan fingerprint density at radius 2 is 2.06 bits per heavy atom. The third-order valence-electron chi connectivity index (χ3n) is 1.96. The molecular weight excluding hydrogens is 289 g/mol. The quantitative estimate of drug-likeness (QED) is 0.886. The molecule has 0 unspecified atom stereocenters. The normalized spacial score (nSPS) is 10.1. The standard InChI is InChI=1S/C11H9BrClN3/c12-7-4-5-8(13)9(6-7)15-11-3-1-2-10(14)16-11/h1-6H,(H3,14,15,16). The number of anilines is 3. The number of nitrogen functional groups attached to an aromatic ring is 1. The Balaban J connectivity index is 2.30. The maximum atomic E-state index is 6.04. The van der Waals surface area contributed by atoms with Crippen LogP contribution in [0.5, 0.6) is 0 Å². The zero-order valence-electron chi connectivity index (χ0n) is 8.24. The molecule has 0 aliphatic rings. The Labute approximate surface area is 107 Å². The van der Waals surface area contributed by atoms with E-state index in [0.29, 0.717) is 16.7 Å². The predicted molar refractivity (Wildman–Crippen MR) is 71.1 cm³/mol. The van der Waals surface area contributed by atoms with Gasteiger partial charge < -0.3 is 11.1 Å². The number of nitrogens with one attached hydrogen (secondary N) is 1. The molecule has 0 radical (unpaired) electrons. The van der Waals surface area contributed by atoms with Crippen LogP contribution < -0.4 is 11.1 Å². The van der Waals surface area contributed by atoms with Crippen LogP contribution in [0.15, 0.2) is 40.9 Å². The number of pyridine rings is 1. The van der Waals surface area contributed by atoms with Gasteiger partial charge in [0.15, 0.2) is 0 Å².